The van der Waals surface area contributed by atoms with E-state index in [0.29, 0.717) is 6.42 Å². The fraction of sp³-hybridized carbons (Fsp3) is 0.154. The Morgan fingerprint density at radius 3 is 2.81 bits per heavy atom. The van der Waals surface area contributed by atoms with E-state index in [1.807, 2.05) is 18.2 Å². The maximum atomic E-state index is 11.9. The molecule has 0 saturated carbocycles. The van der Waals surface area contributed by atoms with Gasteiger partial charge in [0, 0.05) is 38.5 Å². The summed E-state index contributed by atoms with van der Waals surface area (Å²) in [5, 5.41) is 0. The van der Waals surface area contributed by atoms with Crippen LogP contribution >= 0.6 is 31.9 Å². The molecule has 0 saturated heterocycles. The van der Waals surface area contributed by atoms with Crippen molar-refractivity contribution in [3.63, 3.8) is 0 Å². The molecule has 1 nitrogen and oxygen atoms in total. The first kappa shape index (κ1) is 10.5. The number of hydrogen-bond acceptors (Lipinski definition) is 1. The smallest absolute Gasteiger partial charge is 0.163 e. The van der Waals surface area contributed by atoms with Gasteiger partial charge in [-0.2, -0.15) is 0 Å². The standard InChI is InChI=1S/C13H8Br2O/c14-9-3-1-2-7-6-8-11(16)5-4-10(15)13(8)12(7)9/h1-4H,5-6H2. The molecule has 80 valence electrons. The number of benzene rings is 1. The van der Waals surface area contributed by atoms with E-state index in [2.05, 4.69) is 37.9 Å². The van der Waals surface area contributed by atoms with E-state index in [-0.39, 0.29) is 5.78 Å². The van der Waals surface area contributed by atoms with Gasteiger partial charge in [0.25, 0.3) is 0 Å². The first-order chi connectivity index (χ1) is 7.68. The highest BCUT2D eigenvalue weighted by molar-refractivity contribution is 9.12. The summed E-state index contributed by atoms with van der Waals surface area (Å²) in [6, 6.07) is 6.13. The molecule has 3 heteroatoms. The van der Waals surface area contributed by atoms with E-state index < -0.39 is 0 Å². The van der Waals surface area contributed by atoms with Gasteiger partial charge in [-0.05, 0) is 11.6 Å². The zero-order valence-corrected chi connectivity index (χ0v) is 11.6. The second kappa shape index (κ2) is 3.67. The van der Waals surface area contributed by atoms with E-state index in [0.717, 1.165) is 26.5 Å². The van der Waals surface area contributed by atoms with Crippen molar-refractivity contribution in [3.8, 4) is 0 Å². The monoisotopic (exact) mass is 338 g/mol. The number of rotatable bonds is 0. The lowest BCUT2D eigenvalue weighted by atomic mass is 9.97. The van der Waals surface area contributed by atoms with Crippen LogP contribution in [0.25, 0.3) is 5.57 Å². The zero-order chi connectivity index (χ0) is 11.3. The van der Waals surface area contributed by atoms with Gasteiger partial charge in [-0.15, -0.1) is 0 Å². The van der Waals surface area contributed by atoms with Crippen LogP contribution in [0.5, 0.6) is 0 Å². The van der Waals surface area contributed by atoms with Crippen LogP contribution in [-0.4, -0.2) is 5.78 Å². The largest absolute Gasteiger partial charge is 0.294 e. The van der Waals surface area contributed by atoms with Crippen molar-refractivity contribution in [2.75, 3.05) is 0 Å². The number of Topliss-reactive ketones (excluding diaryl/α,β-unsaturated/α-hetero) is 1. The fourth-order valence-electron chi connectivity index (χ4n) is 2.33. The van der Waals surface area contributed by atoms with E-state index >= 15 is 0 Å². The molecule has 0 aromatic heterocycles. The van der Waals surface area contributed by atoms with Crippen LogP contribution in [0.1, 0.15) is 17.5 Å². The Kier molecular flexibility index (Phi) is 2.41. The number of allylic oxidation sites excluding steroid dienone is 4. The first-order valence-corrected chi connectivity index (χ1v) is 6.67. The first-order valence-electron chi connectivity index (χ1n) is 5.08. The van der Waals surface area contributed by atoms with Crippen molar-refractivity contribution in [1.82, 2.24) is 0 Å². The molecular weight excluding hydrogens is 332 g/mol. The average molecular weight is 340 g/mol. The highest BCUT2D eigenvalue weighted by Gasteiger charge is 2.30. The maximum absolute atomic E-state index is 11.9. The second-order valence-electron chi connectivity index (χ2n) is 3.98. The Morgan fingerprint density at radius 1 is 1.19 bits per heavy atom. The number of hydrogen-bond donors (Lipinski definition) is 0. The third-order valence-electron chi connectivity index (χ3n) is 3.06. The number of halogens is 2. The SMILES string of the molecule is O=C1CC=C(Br)C2=C1Cc1cccc(Br)c12. The molecule has 16 heavy (non-hydrogen) atoms. The van der Waals surface area contributed by atoms with Gasteiger partial charge < -0.3 is 0 Å². The molecule has 0 aliphatic heterocycles. The molecule has 1 aromatic rings. The van der Waals surface area contributed by atoms with Crippen molar-refractivity contribution in [2.45, 2.75) is 12.8 Å². The zero-order valence-electron chi connectivity index (χ0n) is 8.39. The third kappa shape index (κ3) is 1.38. The number of carbonyl (C=O) groups is 1. The molecule has 0 unspecified atom stereocenters. The van der Waals surface area contributed by atoms with Crippen molar-refractivity contribution < 1.29 is 4.79 Å². The van der Waals surface area contributed by atoms with Crippen molar-refractivity contribution in [3.05, 3.63) is 49.9 Å². The van der Waals surface area contributed by atoms with Crippen molar-refractivity contribution in [2.24, 2.45) is 0 Å². The van der Waals surface area contributed by atoms with E-state index in [4.69, 9.17) is 0 Å². The minimum Gasteiger partial charge on any atom is -0.294 e. The summed E-state index contributed by atoms with van der Waals surface area (Å²) in [7, 11) is 0. The Balaban J connectivity index is 2.29. The number of fused-ring (bicyclic) bond motifs is 2. The highest BCUT2D eigenvalue weighted by Crippen LogP contribution is 2.45. The lowest BCUT2D eigenvalue weighted by Crippen LogP contribution is -2.06. The summed E-state index contributed by atoms with van der Waals surface area (Å²) in [4.78, 5) is 11.9. The summed E-state index contributed by atoms with van der Waals surface area (Å²) < 4.78 is 2.11. The van der Waals surface area contributed by atoms with Crippen molar-refractivity contribution in [1.29, 1.82) is 0 Å². The topological polar surface area (TPSA) is 17.1 Å². The molecule has 0 heterocycles. The van der Waals surface area contributed by atoms with Crippen LogP contribution in [0.2, 0.25) is 0 Å². The molecule has 3 rings (SSSR count). The van der Waals surface area contributed by atoms with Gasteiger partial charge in [-0.1, -0.05) is 50.1 Å². The Morgan fingerprint density at radius 2 is 2.00 bits per heavy atom. The highest BCUT2D eigenvalue weighted by atomic mass is 79.9. The molecule has 0 atom stereocenters. The molecule has 0 N–H and O–H groups in total. The van der Waals surface area contributed by atoms with E-state index in [1.165, 1.54) is 11.1 Å². The second-order valence-corrected chi connectivity index (χ2v) is 5.69. The van der Waals surface area contributed by atoms with Crippen molar-refractivity contribution >= 4 is 43.2 Å². The predicted octanol–water partition coefficient (Wildman–Crippen LogP) is 4.01. The molecule has 0 bridgehead atoms. The molecule has 2 aliphatic rings. The molecule has 1 aromatic carbocycles. The summed E-state index contributed by atoms with van der Waals surface area (Å²) in [5.41, 5.74) is 4.45. The Bertz CT molecular complexity index is 567. The maximum Gasteiger partial charge on any atom is 0.163 e. The summed E-state index contributed by atoms with van der Waals surface area (Å²) >= 11 is 7.12. The molecule has 0 radical (unpaired) electrons. The minimum atomic E-state index is 0.251. The lowest BCUT2D eigenvalue weighted by molar-refractivity contribution is -0.114. The quantitative estimate of drug-likeness (QED) is 0.698. The van der Waals surface area contributed by atoms with E-state index in [1.54, 1.807) is 0 Å². The summed E-state index contributed by atoms with van der Waals surface area (Å²) in [5.74, 6) is 0.251. The van der Waals surface area contributed by atoms with Gasteiger partial charge >= 0.3 is 0 Å². The van der Waals surface area contributed by atoms with Gasteiger partial charge in [0.05, 0.1) is 0 Å². The fourth-order valence-corrected chi connectivity index (χ4v) is 3.54. The van der Waals surface area contributed by atoms with Gasteiger partial charge in [0.1, 0.15) is 0 Å². The van der Waals surface area contributed by atoms with Gasteiger partial charge in [0.15, 0.2) is 5.78 Å². The van der Waals surface area contributed by atoms with Crippen LogP contribution in [0.4, 0.5) is 0 Å². The van der Waals surface area contributed by atoms with Gasteiger partial charge in [-0.3, -0.25) is 4.79 Å². The number of carbonyl (C=O) groups excluding carboxylic acids is 1. The van der Waals surface area contributed by atoms with Crippen LogP contribution in [0.15, 0.2) is 38.8 Å². The molecule has 2 aliphatic carbocycles. The predicted molar refractivity (Wildman–Crippen MR) is 71.4 cm³/mol. The summed E-state index contributed by atoms with van der Waals surface area (Å²) in [6.45, 7) is 0. The normalized spacial score (nSPS) is 18.4. The molecule has 0 amide bonds. The molecule has 0 fully saturated rings. The van der Waals surface area contributed by atoms with Crippen LogP contribution < -0.4 is 0 Å². The Labute approximate surface area is 110 Å². The van der Waals surface area contributed by atoms with Crippen LogP contribution in [0, 0.1) is 0 Å². The third-order valence-corrected chi connectivity index (χ3v) is 4.44. The van der Waals surface area contributed by atoms with Crippen LogP contribution in [0.3, 0.4) is 0 Å². The minimum absolute atomic E-state index is 0.251. The van der Waals surface area contributed by atoms with Gasteiger partial charge in [0.2, 0.25) is 0 Å². The number of ketones is 1. The molecular formula is C13H8Br2O. The average Bonchev–Trinajstić information content (AvgIpc) is 2.65. The van der Waals surface area contributed by atoms with Crippen LogP contribution in [-0.2, 0) is 11.2 Å². The lowest BCUT2D eigenvalue weighted by Gasteiger charge is -2.12. The van der Waals surface area contributed by atoms with Gasteiger partial charge in [-0.25, -0.2) is 0 Å². The molecule has 0 spiro atoms. The summed E-state index contributed by atoms with van der Waals surface area (Å²) in [6.07, 6.45) is 3.24. The Hall–Kier alpha value is -0.670. The van der Waals surface area contributed by atoms with E-state index in [9.17, 15) is 4.79 Å².